The molecule has 2 aromatic rings. The van der Waals surface area contributed by atoms with Crippen molar-refractivity contribution >= 4 is 11.7 Å². The highest BCUT2D eigenvalue weighted by molar-refractivity contribution is 5.94. The number of nitrogen functional groups attached to an aromatic ring is 1. The van der Waals surface area contributed by atoms with Crippen molar-refractivity contribution in [2.75, 3.05) is 5.73 Å². The summed E-state index contributed by atoms with van der Waals surface area (Å²) in [6.45, 7) is 2.22. The van der Waals surface area contributed by atoms with Gasteiger partial charge in [0.25, 0.3) is 5.91 Å². The van der Waals surface area contributed by atoms with Crippen LogP contribution in [0.5, 0.6) is 0 Å². The van der Waals surface area contributed by atoms with E-state index >= 15 is 0 Å². The number of carbonyl (C=O) groups excluding carboxylic acids is 1. The number of anilines is 1. The first-order chi connectivity index (χ1) is 8.15. The summed E-state index contributed by atoms with van der Waals surface area (Å²) in [7, 11) is 0. The molecule has 2 rings (SSSR count). The van der Waals surface area contributed by atoms with Gasteiger partial charge in [-0.1, -0.05) is 0 Å². The third-order valence-corrected chi connectivity index (χ3v) is 2.24. The maximum Gasteiger partial charge on any atom is 0.251 e. The van der Waals surface area contributed by atoms with E-state index < -0.39 is 0 Å². The Bertz CT molecular complexity index is 500. The Morgan fingerprint density at radius 1 is 1.53 bits per heavy atom. The number of aryl methyl sites for hydroxylation is 1. The average molecular weight is 231 g/mol. The van der Waals surface area contributed by atoms with Crippen LogP contribution in [0.25, 0.3) is 0 Å². The van der Waals surface area contributed by atoms with E-state index in [4.69, 9.17) is 5.73 Å². The van der Waals surface area contributed by atoms with Gasteiger partial charge >= 0.3 is 0 Å². The van der Waals surface area contributed by atoms with Crippen molar-refractivity contribution in [1.82, 2.24) is 20.5 Å². The number of H-pyrrole nitrogens is 1. The second-order valence-electron chi connectivity index (χ2n) is 3.71. The standard InChI is InChI=1S/C11H13N5O/c1-7-2-9(3-10(12)16-7)11(17)13-4-8-5-14-15-6-8/h2-3,5-6H,4H2,1H3,(H2,12,16)(H,13,17)(H,14,15). The van der Waals surface area contributed by atoms with Crippen LogP contribution in [0.2, 0.25) is 0 Å². The van der Waals surface area contributed by atoms with Gasteiger partial charge in [0.15, 0.2) is 0 Å². The molecule has 0 aliphatic rings. The lowest BCUT2D eigenvalue weighted by Crippen LogP contribution is -2.23. The smallest absolute Gasteiger partial charge is 0.251 e. The van der Waals surface area contributed by atoms with Crippen molar-refractivity contribution in [1.29, 1.82) is 0 Å². The number of nitrogens with one attached hydrogen (secondary N) is 2. The van der Waals surface area contributed by atoms with E-state index in [1.165, 1.54) is 0 Å². The minimum atomic E-state index is -0.177. The Morgan fingerprint density at radius 2 is 2.35 bits per heavy atom. The van der Waals surface area contributed by atoms with Gasteiger partial charge in [0.05, 0.1) is 6.20 Å². The minimum Gasteiger partial charge on any atom is -0.384 e. The van der Waals surface area contributed by atoms with Crippen molar-refractivity contribution < 1.29 is 4.79 Å². The van der Waals surface area contributed by atoms with Gasteiger partial charge in [-0.3, -0.25) is 9.89 Å². The second kappa shape index (κ2) is 4.65. The van der Waals surface area contributed by atoms with Crippen molar-refractivity contribution in [3.63, 3.8) is 0 Å². The molecule has 6 heteroatoms. The Morgan fingerprint density at radius 3 is 3.00 bits per heavy atom. The highest BCUT2D eigenvalue weighted by atomic mass is 16.1. The summed E-state index contributed by atoms with van der Waals surface area (Å²) in [5.74, 6) is 0.168. The molecule has 0 aliphatic carbocycles. The second-order valence-corrected chi connectivity index (χ2v) is 3.71. The fraction of sp³-hybridized carbons (Fsp3) is 0.182. The minimum absolute atomic E-state index is 0.177. The van der Waals surface area contributed by atoms with Gasteiger partial charge < -0.3 is 11.1 Å². The number of carbonyl (C=O) groups is 1. The van der Waals surface area contributed by atoms with Gasteiger partial charge in [-0.2, -0.15) is 5.10 Å². The highest BCUT2D eigenvalue weighted by Gasteiger charge is 2.07. The van der Waals surface area contributed by atoms with Crippen LogP contribution in [-0.2, 0) is 6.54 Å². The molecule has 0 atom stereocenters. The Labute approximate surface area is 98.3 Å². The molecule has 0 unspecified atom stereocenters. The predicted molar refractivity (Wildman–Crippen MR) is 63.1 cm³/mol. The van der Waals surface area contributed by atoms with Crippen LogP contribution >= 0.6 is 0 Å². The molecule has 1 amide bonds. The van der Waals surface area contributed by atoms with Gasteiger partial charge in [-0.15, -0.1) is 0 Å². The van der Waals surface area contributed by atoms with Gasteiger partial charge in [0, 0.05) is 29.6 Å². The molecule has 6 nitrogen and oxygen atoms in total. The Hall–Kier alpha value is -2.37. The van der Waals surface area contributed by atoms with E-state index in [9.17, 15) is 4.79 Å². The molecule has 0 spiro atoms. The lowest BCUT2D eigenvalue weighted by molar-refractivity contribution is 0.0951. The summed E-state index contributed by atoms with van der Waals surface area (Å²) in [6.07, 6.45) is 3.39. The fourth-order valence-corrected chi connectivity index (χ4v) is 1.48. The molecule has 4 N–H and O–H groups in total. The predicted octanol–water partition coefficient (Wildman–Crippen LogP) is 0.625. The topological polar surface area (TPSA) is 96.7 Å². The normalized spacial score (nSPS) is 10.2. The van der Waals surface area contributed by atoms with E-state index in [1.54, 1.807) is 31.5 Å². The molecular weight excluding hydrogens is 218 g/mol. The van der Waals surface area contributed by atoms with Crippen molar-refractivity contribution in [2.45, 2.75) is 13.5 Å². The molecule has 0 bridgehead atoms. The first kappa shape index (κ1) is 11.1. The molecule has 0 radical (unpaired) electrons. The molecule has 0 fully saturated rings. The third-order valence-electron chi connectivity index (χ3n) is 2.24. The lowest BCUT2D eigenvalue weighted by Gasteiger charge is -2.05. The molecule has 0 saturated carbocycles. The molecule has 2 heterocycles. The number of amides is 1. The SMILES string of the molecule is Cc1cc(C(=O)NCc2cn[nH]c2)cc(N)n1. The molecule has 2 aromatic heterocycles. The maximum absolute atomic E-state index is 11.8. The van der Waals surface area contributed by atoms with Crippen LogP contribution in [0.1, 0.15) is 21.6 Å². The zero-order chi connectivity index (χ0) is 12.3. The fourth-order valence-electron chi connectivity index (χ4n) is 1.48. The van der Waals surface area contributed by atoms with Crippen LogP contribution in [0.4, 0.5) is 5.82 Å². The number of aromatic nitrogens is 3. The van der Waals surface area contributed by atoms with E-state index in [2.05, 4.69) is 20.5 Å². The van der Waals surface area contributed by atoms with E-state index in [-0.39, 0.29) is 5.91 Å². The van der Waals surface area contributed by atoms with Gasteiger partial charge in [0.1, 0.15) is 5.82 Å². The van der Waals surface area contributed by atoms with Crippen LogP contribution in [0.3, 0.4) is 0 Å². The monoisotopic (exact) mass is 231 g/mol. The maximum atomic E-state index is 11.8. The summed E-state index contributed by atoms with van der Waals surface area (Å²) in [5.41, 5.74) is 7.73. The van der Waals surface area contributed by atoms with Crippen LogP contribution in [0, 0.1) is 6.92 Å². The summed E-state index contributed by atoms with van der Waals surface area (Å²) >= 11 is 0. The van der Waals surface area contributed by atoms with Crippen molar-refractivity contribution in [3.05, 3.63) is 41.3 Å². The number of nitrogens with zero attached hydrogens (tertiary/aromatic N) is 2. The Balaban J connectivity index is 2.04. The highest BCUT2D eigenvalue weighted by Crippen LogP contribution is 2.07. The summed E-state index contributed by atoms with van der Waals surface area (Å²) in [6, 6.07) is 3.25. The van der Waals surface area contributed by atoms with Crippen molar-refractivity contribution in [3.8, 4) is 0 Å². The Kier molecular flexibility index (Phi) is 3.04. The zero-order valence-corrected chi connectivity index (χ0v) is 9.40. The molecule has 0 aromatic carbocycles. The molecule has 0 saturated heterocycles. The molecule has 0 aliphatic heterocycles. The number of rotatable bonds is 3. The number of hydrogen-bond donors (Lipinski definition) is 3. The average Bonchev–Trinajstić information content (AvgIpc) is 2.77. The summed E-state index contributed by atoms with van der Waals surface area (Å²) < 4.78 is 0. The molecule has 88 valence electrons. The molecule has 17 heavy (non-hydrogen) atoms. The van der Waals surface area contributed by atoms with Crippen LogP contribution < -0.4 is 11.1 Å². The largest absolute Gasteiger partial charge is 0.384 e. The van der Waals surface area contributed by atoms with Gasteiger partial charge in [-0.25, -0.2) is 4.98 Å². The van der Waals surface area contributed by atoms with E-state index in [0.29, 0.717) is 17.9 Å². The summed E-state index contributed by atoms with van der Waals surface area (Å²) in [5, 5.41) is 9.25. The molecular formula is C11H13N5O. The van der Waals surface area contributed by atoms with Crippen molar-refractivity contribution in [2.24, 2.45) is 0 Å². The number of nitrogens with two attached hydrogens (primary N) is 1. The first-order valence-electron chi connectivity index (χ1n) is 5.15. The van der Waals surface area contributed by atoms with E-state index in [1.807, 2.05) is 0 Å². The van der Waals surface area contributed by atoms with Crippen LogP contribution in [-0.4, -0.2) is 21.1 Å². The van der Waals surface area contributed by atoms with Gasteiger partial charge in [0.2, 0.25) is 0 Å². The van der Waals surface area contributed by atoms with Crippen LogP contribution in [0.15, 0.2) is 24.5 Å². The third kappa shape index (κ3) is 2.81. The summed E-state index contributed by atoms with van der Waals surface area (Å²) in [4.78, 5) is 15.8. The van der Waals surface area contributed by atoms with Gasteiger partial charge in [-0.05, 0) is 19.1 Å². The lowest BCUT2D eigenvalue weighted by atomic mass is 10.2. The zero-order valence-electron chi connectivity index (χ0n) is 9.40. The number of pyridine rings is 1. The quantitative estimate of drug-likeness (QED) is 0.721. The first-order valence-corrected chi connectivity index (χ1v) is 5.15. The number of aromatic amines is 1. The number of hydrogen-bond acceptors (Lipinski definition) is 4. The van der Waals surface area contributed by atoms with E-state index in [0.717, 1.165) is 11.3 Å².